The summed E-state index contributed by atoms with van der Waals surface area (Å²) in [5.41, 5.74) is 4.22. The number of anilines is 1. The van der Waals surface area contributed by atoms with Crippen molar-refractivity contribution in [3.05, 3.63) is 83.2 Å². The van der Waals surface area contributed by atoms with Gasteiger partial charge in [0.15, 0.2) is 0 Å². The van der Waals surface area contributed by atoms with Gasteiger partial charge in [-0.2, -0.15) is 0 Å². The lowest BCUT2D eigenvalue weighted by atomic mass is 9.96. The third-order valence-corrected chi connectivity index (χ3v) is 7.51. The fourth-order valence-electron chi connectivity index (χ4n) is 5.61. The first-order valence-corrected chi connectivity index (χ1v) is 12.4. The van der Waals surface area contributed by atoms with Gasteiger partial charge in [-0.05, 0) is 66.6 Å². The molecule has 0 bridgehead atoms. The van der Waals surface area contributed by atoms with Gasteiger partial charge in [0.2, 0.25) is 0 Å². The summed E-state index contributed by atoms with van der Waals surface area (Å²) in [7, 11) is 0. The van der Waals surface area contributed by atoms with E-state index in [1.165, 1.54) is 12.1 Å². The summed E-state index contributed by atoms with van der Waals surface area (Å²) in [6.07, 6.45) is 1.07. The van der Waals surface area contributed by atoms with Crippen molar-refractivity contribution in [3.8, 4) is 16.9 Å². The largest absolute Gasteiger partial charge is 0.490 e. The number of para-hydroxylation sites is 1. The summed E-state index contributed by atoms with van der Waals surface area (Å²) in [5, 5.41) is 6.33. The maximum Gasteiger partial charge on any atom is 0.254 e. The molecule has 2 N–H and O–H groups in total. The van der Waals surface area contributed by atoms with Crippen LogP contribution in [0.25, 0.3) is 11.1 Å². The quantitative estimate of drug-likeness (QED) is 0.559. The van der Waals surface area contributed by atoms with Gasteiger partial charge < -0.3 is 20.3 Å². The molecule has 1 saturated carbocycles. The fraction of sp³-hybridized carbons (Fsp3) is 0.310. The zero-order chi connectivity index (χ0) is 24.8. The van der Waals surface area contributed by atoms with E-state index in [4.69, 9.17) is 4.74 Å². The number of fused-ring (bicyclic) bond motifs is 2. The van der Waals surface area contributed by atoms with Crippen LogP contribution in [0, 0.1) is 24.6 Å². The first-order valence-electron chi connectivity index (χ1n) is 12.4. The molecular weight excluding hydrogens is 457 g/mol. The zero-order valence-electron chi connectivity index (χ0n) is 20.1. The summed E-state index contributed by atoms with van der Waals surface area (Å²) in [6.45, 7) is 4.24. The van der Waals surface area contributed by atoms with Crippen molar-refractivity contribution in [1.82, 2.24) is 10.2 Å². The smallest absolute Gasteiger partial charge is 0.254 e. The van der Waals surface area contributed by atoms with Crippen molar-refractivity contribution in [1.29, 1.82) is 0 Å². The SMILES string of the molecule is Cc1ccc(C(=O)N2C[C@H]3C[C@H]3[C@H]2CNC(=O)c2cccc3c2NCCO3)c(-c2cccc(F)c2)c1. The Morgan fingerprint density at radius 2 is 1.97 bits per heavy atom. The number of hydrogen-bond donors (Lipinski definition) is 2. The normalized spacial score (nSPS) is 21.6. The van der Waals surface area contributed by atoms with Crippen LogP contribution in [0.2, 0.25) is 0 Å². The molecule has 2 aliphatic heterocycles. The van der Waals surface area contributed by atoms with Crippen LogP contribution in [0.1, 0.15) is 32.7 Å². The molecular formula is C29H28FN3O3. The summed E-state index contributed by atoms with van der Waals surface area (Å²) in [4.78, 5) is 28.8. The maximum absolute atomic E-state index is 14.0. The lowest BCUT2D eigenvalue weighted by Crippen LogP contribution is -2.45. The molecule has 36 heavy (non-hydrogen) atoms. The first kappa shape index (κ1) is 22.6. The Hall–Kier alpha value is -3.87. The Morgan fingerprint density at radius 3 is 2.83 bits per heavy atom. The standard InChI is InChI=1S/C29H28FN3O3/c1-17-8-9-21(23(12-17)18-4-2-5-20(30)13-18)29(35)33-16-19-14-24(19)25(33)15-32-28(34)22-6-3-7-26-27(22)31-10-11-36-26/h2-9,12-13,19,24-25,31H,10-11,14-16H2,1H3,(H,32,34)/t19-,24-,25-/m1/s1. The van der Waals surface area contributed by atoms with Crippen molar-refractivity contribution in [3.63, 3.8) is 0 Å². The van der Waals surface area contributed by atoms with Crippen molar-refractivity contribution in [2.45, 2.75) is 19.4 Å². The van der Waals surface area contributed by atoms with Gasteiger partial charge >= 0.3 is 0 Å². The molecule has 2 amide bonds. The van der Waals surface area contributed by atoms with Gasteiger partial charge in [0.25, 0.3) is 11.8 Å². The van der Waals surface area contributed by atoms with E-state index in [0.29, 0.717) is 66.2 Å². The minimum atomic E-state index is -0.335. The highest BCUT2D eigenvalue weighted by atomic mass is 19.1. The summed E-state index contributed by atoms with van der Waals surface area (Å²) >= 11 is 0. The van der Waals surface area contributed by atoms with Gasteiger partial charge in [-0.15, -0.1) is 0 Å². The van der Waals surface area contributed by atoms with Crippen LogP contribution in [-0.4, -0.2) is 49.0 Å². The fourth-order valence-corrected chi connectivity index (χ4v) is 5.61. The van der Waals surface area contributed by atoms with Crippen molar-refractivity contribution in [2.75, 3.05) is 31.6 Å². The van der Waals surface area contributed by atoms with Crippen LogP contribution in [0.15, 0.2) is 60.7 Å². The minimum absolute atomic E-state index is 0.0724. The Bertz CT molecular complexity index is 1360. The van der Waals surface area contributed by atoms with E-state index in [2.05, 4.69) is 10.6 Å². The van der Waals surface area contributed by atoms with Crippen LogP contribution >= 0.6 is 0 Å². The van der Waals surface area contributed by atoms with Gasteiger partial charge in [-0.3, -0.25) is 9.59 Å². The highest BCUT2D eigenvalue weighted by molar-refractivity contribution is 6.02. The number of ether oxygens (including phenoxy) is 1. The number of carbonyl (C=O) groups excluding carboxylic acids is 2. The van der Waals surface area contributed by atoms with Crippen LogP contribution in [0.3, 0.4) is 0 Å². The highest BCUT2D eigenvalue weighted by Crippen LogP contribution is 2.50. The molecule has 184 valence electrons. The number of carbonyl (C=O) groups is 2. The van der Waals surface area contributed by atoms with Crippen molar-refractivity contribution < 1.29 is 18.7 Å². The molecule has 1 saturated heterocycles. The van der Waals surface area contributed by atoms with Gasteiger partial charge in [-0.1, -0.05) is 35.9 Å². The molecule has 2 fully saturated rings. The molecule has 0 radical (unpaired) electrons. The molecule has 0 spiro atoms. The molecule has 1 aliphatic carbocycles. The Labute approximate surface area is 209 Å². The van der Waals surface area contributed by atoms with E-state index in [0.717, 1.165) is 17.5 Å². The number of likely N-dealkylation sites (tertiary alicyclic amines) is 1. The van der Waals surface area contributed by atoms with E-state index in [1.807, 2.05) is 48.2 Å². The average molecular weight is 486 g/mol. The number of amides is 2. The predicted molar refractivity (Wildman–Crippen MR) is 136 cm³/mol. The van der Waals surface area contributed by atoms with Gasteiger partial charge in [-0.25, -0.2) is 4.39 Å². The van der Waals surface area contributed by atoms with Crippen LogP contribution < -0.4 is 15.4 Å². The molecule has 3 aromatic rings. The van der Waals surface area contributed by atoms with Gasteiger partial charge in [0.05, 0.1) is 17.3 Å². The second-order valence-electron chi connectivity index (χ2n) is 9.91. The maximum atomic E-state index is 14.0. The molecule has 6 rings (SSSR count). The number of rotatable bonds is 5. The number of benzene rings is 3. The Balaban J connectivity index is 1.23. The second kappa shape index (κ2) is 8.97. The number of halogens is 1. The molecule has 3 atom stereocenters. The number of aryl methyl sites for hydroxylation is 1. The number of hydrogen-bond acceptors (Lipinski definition) is 4. The zero-order valence-corrected chi connectivity index (χ0v) is 20.1. The second-order valence-corrected chi connectivity index (χ2v) is 9.91. The first-order chi connectivity index (χ1) is 17.5. The molecule has 0 aromatic heterocycles. The molecule has 3 aromatic carbocycles. The van der Waals surface area contributed by atoms with Crippen molar-refractivity contribution in [2.24, 2.45) is 11.8 Å². The predicted octanol–water partition coefficient (Wildman–Crippen LogP) is 4.50. The number of nitrogens with zero attached hydrogens (tertiary/aromatic N) is 1. The molecule has 6 nitrogen and oxygen atoms in total. The van der Waals surface area contributed by atoms with E-state index in [-0.39, 0.29) is 23.7 Å². The van der Waals surface area contributed by atoms with E-state index < -0.39 is 0 Å². The third-order valence-electron chi connectivity index (χ3n) is 7.51. The molecule has 7 heteroatoms. The molecule has 3 aliphatic rings. The monoisotopic (exact) mass is 485 g/mol. The van der Waals surface area contributed by atoms with E-state index in [9.17, 15) is 14.0 Å². The highest BCUT2D eigenvalue weighted by Gasteiger charge is 2.54. The minimum Gasteiger partial charge on any atom is -0.490 e. The molecule has 0 unspecified atom stereocenters. The topological polar surface area (TPSA) is 70.7 Å². The number of nitrogens with one attached hydrogen (secondary N) is 2. The van der Waals surface area contributed by atoms with Crippen LogP contribution in [0.5, 0.6) is 5.75 Å². The average Bonchev–Trinajstić information content (AvgIpc) is 3.57. The van der Waals surface area contributed by atoms with Crippen LogP contribution in [0.4, 0.5) is 10.1 Å². The lowest BCUT2D eigenvalue weighted by Gasteiger charge is -2.29. The van der Waals surface area contributed by atoms with E-state index >= 15 is 0 Å². The van der Waals surface area contributed by atoms with E-state index in [1.54, 1.807) is 12.1 Å². The third kappa shape index (κ3) is 4.08. The molecule has 2 heterocycles. The Kier molecular flexibility index (Phi) is 5.63. The van der Waals surface area contributed by atoms with Gasteiger partial charge in [0.1, 0.15) is 18.2 Å². The summed E-state index contributed by atoms with van der Waals surface area (Å²) in [5.74, 6) is 0.948. The summed E-state index contributed by atoms with van der Waals surface area (Å²) in [6, 6.07) is 17.4. The number of piperidine rings is 1. The van der Waals surface area contributed by atoms with Crippen molar-refractivity contribution >= 4 is 17.5 Å². The summed E-state index contributed by atoms with van der Waals surface area (Å²) < 4.78 is 19.6. The van der Waals surface area contributed by atoms with Gasteiger partial charge in [0, 0.05) is 25.2 Å². The lowest BCUT2D eigenvalue weighted by molar-refractivity contribution is 0.0695. The Morgan fingerprint density at radius 1 is 1.11 bits per heavy atom. The van der Waals surface area contributed by atoms with Crippen LogP contribution in [-0.2, 0) is 0 Å².